The Kier molecular flexibility index (Phi) is 11.0. The van der Waals surface area contributed by atoms with Crippen LogP contribution in [0.4, 0.5) is 23.1 Å². The zero-order valence-electron chi connectivity index (χ0n) is 19.5. The summed E-state index contributed by atoms with van der Waals surface area (Å²) in [6, 6.07) is 4.22. The minimum Gasteiger partial charge on any atom is -0.481 e. The van der Waals surface area contributed by atoms with Gasteiger partial charge in [0.2, 0.25) is 11.9 Å². The number of nitrogens with one attached hydrogen (secondary N) is 4. The van der Waals surface area contributed by atoms with Crippen molar-refractivity contribution in [3.8, 4) is 0 Å². The molecule has 2 amide bonds. The first kappa shape index (κ1) is 30.2. The molecule has 192 valence electrons. The van der Waals surface area contributed by atoms with Gasteiger partial charge in [-0.15, -0.1) is 11.6 Å². The average molecular weight is 562 g/mol. The molecule has 1 aliphatic heterocycles. The number of anilines is 4. The van der Waals surface area contributed by atoms with Crippen molar-refractivity contribution in [1.82, 2.24) is 15.3 Å². The number of benzene rings is 1. The predicted octanol–water partition coefficient (Wildman–Crippen LogP) is -0.503. The van der Waals surface area contributed by atoms with Crippen LogP contribution in [0, 0.1) is 0 Å². The van der Waals surface area contributed by atoms with Crippen molar-refractivity contribution < 1.29 is 29.4 Å². The fourth-order valence-corrected chi connectivity index (χ4v) is 3.75. The number of carbonyl (C=O) groups is 4. The third-order valence-electron chi connectivity index (χ3n) is 5.35. The third-order valence-corrected chi connectivity index (χ3v) is 5.58. The summed E-state index contributed by atoms with van der Waals surface area (Å²) in [5.74, 6) is -3.94. The van der Waals surface area contributed by atoms with Crippen LogP contribution >= 0.6 is 11.6 Å². The molecule has 0 aliphatic carbocycles. The Morgan fingerprint density at radius 2 is 1.89 bits per heavy atom. The molecule has 0 fully saturated rings. The summed E-state index contributed by atoms with van der Waals surface area (Å²) in [5, 5.41) is 26.3. The van der Waals surface area contributed by atoms with E-state index in [0.717, 1.165) is 0 Å². The number of halogens is 1. The minimum atomic E-state index is -1.34. The molecule has 2 aromatic rings. The Morgan fingerprint density at radius 1 is 1.22 bits per heavy atom. The molecule has 3 rings (SSSR count). The van der Waals surface area contributed by atoms with Gasteiger partial charge in [0.15, 0.2) is 11.5 Å². The Bertz CT molecular complexity index is 1220. The molecule has 37 heavy (non-hydrogen) atoms. The number of alkyl halides is 1. The van der Waals surface area contributed by atoms with E-state index < -0.39 is 47.8 Å². The molecule has 2 heterocycles. The van der Waals surface area contributed by atoms with E-state index in [4.69, 9.17) is 22.4 Å². The van der Waals surface area contributed by atoms with Gasteiger partial charge >= 0.3 is 49.7 Å². The van der Waals surface area contributed by atoms with Gasteiger partial charge in [-0.3, -0.25) is 29.1 Å². The van der Waals surface area contributed by atoms with Crippen molar-refractivity contribution in [3.63, 3.8) is 0 Å². The van der Waals surface area contributed by atoms with Crippen molar-refractivity contribution in [3.05, 3.63) is 40.2 Å². The summed E-state index contributed by atoms with van der Waals surface area (Å²) in [5.41, 5.74) is 5.75. The van der Waals surface area contributed by atoms with Crippen LogP contribution in [0.1, 0.15) is 23.2 Å². The van der Waals surface area contributed by atoms with E-state index in [0.29, 0.717) is 5.69 Å². The predicted molar refractivity (Wildman–Crippen MR) is 136 cm³/mol. The van der Waals surface area contributed by atoms with E-state index in [1.54, 1.807) is 12.1 Å². The van der Waals surface area contributed by atoms with Gasteiger partial charge in [0.25, 0.3) is 11.5 Å². The smallest absolute Gasteiger partial charge is 0.481 e. The summed E-state index contributed by atoms with van der Waals surface area (Å²) in [6.45, 7) is 0.465. The van der Waals surface area contributed by atoms with Crippen LogP contribution in [0.2, 0.25) is 0 Å². The van der Waals surface area contributed by atoms with Gasteiger partial charge < -0.3 is 31.9 Å². The van der Waals surface area contributed by atoms with E-state index in [1.807, 2.05) is 0 Å². The standard InChI is InChI=1S/C21H24ClN7O7.Ca/c22-7-14(30)29-12(9-25-17-16(29)19(34)28-21(23)27-17)8-24-11-3-1-10(2-4-11)18(33)26-13(20(35)36)5-6-15(31)32;/h1-4,12-13,24H,5-9H2,(H,26,33)(H,31,32)(H,35,36)(H4,23,25,27,28,34);/q;+2. The van der Waals surface area contributed by atoms with Crippen LogP contribution in [-0.2, 0) is 14.4 Å². The summed E-state index contributed by atoms with van der Waals surface area (Å²) >= 11 is 5.76. The van der Waals surface area contributed by atoms with Crippen molar-refractivity contribution in [2.24, 2.45) is 0 Å². The van der Waals surface area contributed by atoms with Crippen LogP contribution < -0.4 is 32.1 Å². The van der Waals surface area contributed by atoms with Crippen molar-refractivity contribution in [1.29, 1.82) is 0 Å². The van der Waals surface area contributed by atoms with Crippen LogP contribution in [-0.4, -0.2) is 113 Å². The molecular formula is C21H24CaClN7O7+2. The number of carbonyl (C=O) groups excluding carboxylic acids is 2. The second-order valence-corrected chi connectivity index (χ2v) is 8.10. The van der Waals surface area contributed by atoms with E-state index >= 15 is 0 Å². The monoisotopic (exact) mass is 561 g/mol. The number of aliphatic carboxylic acids is 2. The quantitative estimate of drug-likeness (QED) is 0.145. The van der Waals surface area contributed by atoms with Gasteiger partial charge in [-0.05, 0) is 30.7 Å². The number of H-pyrrole nitrogens is 1. The molecule has 1 aromatic carbocycles. The zero-order valence-corrected chi connectivity index (χ0v) is 22.5. The van der Waals surface area contributed by atoms with Gasteiger partial charge in [-0.25, -0.2) is 4.79 Å². The molecule has 0 bridgehead atoms. The number of hydrogen-bond acceptors (Lipinski definition) is 9. The molecular weight excluding hydrogens is 538 g/mol. The first-order valence-corrected chi connectivity index (χ1v) is 11.2. The fourth-order valence-electron chi connectivity index (χ4n) is 3.62. The Morgan fingerprint density at radius 3 is 2.49 bits per heavy atom. The molecule has 0 saturated carbocycles. The van der Waals surface area contributed by atoms with Gasteiger partial charge in [0.05, 0.1) is 6.04 Å². The van der Waals surface area contributed by atoms with Gasteiger partial charge in [0, 0.05) is 30.8 Å². The van der Waals surface area contributed by atoms with Crippen molar-refractivity contribution >= 4 is 96.2 Å². The number of amides is 2. The maximum absolute atomic E-state index is 12.5. The summed E-state index contributed by atoms with van der Waals surface area (Å²) in [4.78, 5) is 67.0. The number of hydrogen-bond donors (Lipinski definition) is 7. The van der Waals surface area contributed by atoms with Crippen LogP contribution in [0.5, 0.6) is 0 Å². The van der Waals surface area contributed by atoms with E-state index in [2.05, 4.69) is 25.9 Å². The van der Waals surface area contributed by atoms with Gasteiger partial charge in [-0.2, -0.15) is 4.98 Å². The molecule has 2 unspecified atom stereocenters. The third kappa shape index (κ3) is 7.71. The number of aromatic amines is 1. The molecule has 8 N–H and O–H groups in total. The molecule has 14 nitrogen and oxygen atoms in total. The van der Waals surface area contributed by atoms with E-state index in [1.165, 1.54) is 17.0 Å². The van der Waals surface area contributed by atoms with E-state index in [-0.39, 0.29) is 86.1 Å². The number of nitrogen functional groups attached to an aromatic ring is 1. The number of carboxylic acids is 2. The molecule has 0 saturated heterocycles. The van der Waals surface area contributed by atoms with Crippen molar-refractivity contribution in [2.45, 2.75) is 24.9 Å². The minimum absolute atomic E-state index is 0. The largest absolute Gasteiger partial charge is 2.00 e. The number of nitrogens with two attached hydrogens (primary N) is 1. The summed E-state index contributed by atoms with van der Waals surface area (Å²) in [6.07, 6.45) is -0.657. The number of aromatic nitrogens is 2. The Labute approximate surface area is 245 Å². The number of carboxylic acid groups (broad SMARTS) is 2. The zero-order chi connectivity index (χ0) is 26.4. The first-order valence-electron chi connectivity index (χ1n) is 10.7. The Balaban J connectivity index is 0.00000481. The maximum atomic E-state index is 12.5. The average Bonchev–Trinajstić information content (AvgIpc) is 2.84. The summed E-state index contributed by atoms with van der Waals surface area (Å²) < 4.78 is 0. The first-order chi connectivity index (χ1) is 17.1. The Hall–Kier alpha value is -3.07. The second-order valence-electron chi connectivity index (χ2n) is 7.84. The second kappa shape index (κ2) is 13.5. The molecule has 0 radical (unpaired) electrons. The molecule has 1 aliphatic rings. The normalized spacial score (nSPS) is 14.8. The SMILES string of the molecule is Nc1nc2c(c(=O)[nH]1)N(C(=O)CCl)C(CNc1ccc(C(=O)NC(CCC(=O)O)C(=O)O)cc1)CN2.[Ca+2]. The summed E-state index contributed by atoms with van der Waals surface area (Å²) in [7, 11) is 0. The van der Waals surface area contributed by atoms with E-state index in [9.17, 15) is 29.1 Å². The molecule has 0 spiro atoms. The fraction of sp³-hybridized carbons (Fsp3) is 0.333. The molecule has 1 aromatic heterocycles. The number of nitrogens with zero attached hydrogens (tertiary/aromatic N) is 2. The maximum Gasteiger partial charge on any atom is 2.00 e. The van der Waals surface area contributed by atoms with Gasteiger partial charge in [0.1, 0.15) is 11.9 Å². The van der Waals surface area contributed by atoms with Crippen molar-refractivity contribution in [2.75, 3.05) is 40.2 Å². The number of rotatable bonds is 10. The van der Waals surface area contributed by atoms with Crippen LogP contribution in [0.3, 0.4) is 0 Å². The number of fused-ring (bicyclic) bond motifs is 1. The van der Waals surface area contributed by atoms with Crippen LogP contribution in [0.15, 0.2) is 29.1 Å². The molecule has 2 atom stereocenters. The molecule has 16 heteroatoms. The topological polar surface area (TPSA) is 220 Å². The van der Waals surface area contributed by atoms with Gasteiger partial charge in [-0.1, -0.05) is 0 Å². The van der Waals surface area contributed by atoms with Crippen LogP contribution in [0.25, 0.3) is 0 Å².